The smallest absolute Gasteiger partial charge is 0.319 e. The zero-order chi connectivity index (χ0) is 16.6. The SMILES string of the molecule is CC1(C)Cc2occc2C(NC(=O)Nc2ccc(Cl)c(Cl)c2)C1. The van der Waals surface area contributed by atoms with Crippen molar-refractivity contribution in [1.29, 1.82) is 0 Å². The van der Waals surface area contributed by atoms with Crippen molar-refractivity contribution in [3.8, 4) is 0 Å². The highest BCUT2D eigenvalue weighted by Crippen LogP contribution is 2.41. The van der Waals surface area contributed by atoms with Gasteiger partial charge >= 0.3 is 6.03 Å². The first-order valence-corrected chi connectivity index (χ1v) is 8.18. The van der Waals surface area contributed by atoms with E-state index in [9.17, 15) is 4.79 Å². The van der Waals surface area contributed by atoms with Crippen LogP contribution in [0.5, 0.6) is 0 Å². The third-order valence-corrected chi connectivity index (χ3v) is 4.77. The molecule has 1 atom stereocenters. The molecule has 4 nitrogen and oxygen atoms in total. The zero-order valence-corrected chi connectivity index (χ0v) is 14.5. The summed E-state index contributed by atoms with van der Waals surface area (Å²) in [6.07, 6.45) is 3.41. The fourth-order valence-corrected chi connectivity index (χ4v) is 3.30. The van der Waals surface area contributed by atoms with Gasteiger partial charge in [0.05, 0.1) is 22.4 Å². The van der Waals surface area contributed by atoms with Crippen molar-refractivity contribution < 1.29 is 9.21 Å². The van der Waals surface area contributed by atoms with E-state index in [0.29, 0.717) is 15.7 Å². The number of amides is 2. The number of hydrogen-bond acceptors (Lipinski definition) is 2. The number of hydrogen-bond donors (Lipinski definition) is 2. The van der Waals surface area contributed by atoms with Gasteiger partial charge < -0.3 is 15.1 Å². The van der Waals surface area contributed by atoms with Crippen molar-refractivity contribution in [3.05, 3.63) is 51.9 Å². The van der Waals surface area contributed by atoms with Crippen molar-refractivity contribution in [1.82, 2.24) is 5.32 Å². The molecule has 0 fully saturated rings. The molecule has 0 bridgehead atoms. The van der Waals surface area contributed by atoms with Crippen molar-refractivity contribution in [2.45, 2.75) is 32.7 Å². The third kappa shape index (κ3) is 3.65. The summed E-state index contributed by atoms with van der Waals surface area (Å²) in [6, 6.07) is 6.56. The van der Waals surface area contributed by atoms with Crippen LogP contribution in [-0.2, 0) is 6.42 Å². The second-order valence-electron chi connectivity index (χ2n) is 6.62. The van der Waals surface area contributed by atoms with E-state index in [4.69, 9.17) is 27.6 Å². The van der Waals surface area contributed by atoms with Gasteiger partial charge in [-0.05, 0) is 36.1 Å². The normalized spacial score (nSPS) is 19.0. The van der Waals surface area contributed by atoms with Crippen LogP contribution in [0, 0.1) is 5.41 Å². The standard InChI is InChI=1S/C17H18Cl2N2O2/c1-17(2)8-14(11-5-6-23-15(11)9-17)21-16(22)20-10-3-4-12(18)13(19)7-10/h3-7,14H,8-9H2,1-2H3,(H2,20,21,22). The summed E-state index contributed by atoms with van der Waals surface area (Å²) < 4.78 is 5.55. The van der Waals surface area contributed by atoms with Crippen LogP contribution in [-0.4, -0.2) is 6.03 Å². The Morgan fingerprint density at radius 2 is 2.04 bits per heavy atom. The van der Waals surface area contributed by atoms with Gasteiger partial charge in [0.1, 0.15) is 5.76 Å². The number of benzene rings is 1. The third-order valence-electron chi connectivity index (χ3n) is 4.03. The molecule has 2 N–H and O–H groups in total. The number of carbonyl (C=O) groups is 1. The molecule has 2 aromatic rings. The van der Waals surface area contributed by atoms with Gasteiger partial charge in [-0.25, -0.2) is 4.79 Å². The quantitative estimate of drug-likeness (QED) is 0.757. The zero-order valence-electron chi connectivity index (χ0n) is 13.0. The summed E-state index contributed by atoms with van der Waals surface area (Å²) in [6.45, 7) is 4.34. The fraction of sp³-hybridized carbons (Fsp3) is 0.353. The number of halogens is 2. The van der Waals surface area contributed by atoms with Crippen LogP contribution in [0.4, 0.5) is 10.5 Å². The highest BCUT2D eigenvalue weighted by molar-refractivity contribution is 6.42. The van der Waals surface area contributed by atoms with Gasteiger partial charge in [-0.1, -0.05) is 37.0 Å². The monoisotopic (exact) mass is 352 g/mol. The van der Waals surface area contributed by atoms with E-state index >= 15 is 0 Å². The van der Waals surface area contributed by atoms with Crippen LogP contribution in [0.3, 0.4) is 0 Å². The molecule has 1 aliphatic carbocycles. The topological polar surface area (TPSA) is 54.3 Å². The fourth-order valence-electron chi connectivity index (χ4n) is 3.00. The molecule has 0 saturated heterocycles. The van der Waals surface area contributed by atoms with E-state index in [-0.39, 0.29) is 17.5 Å². The number of carbonyl (C=O) groups excluding carboxylic acids is 1. The minimum absolute atomic E-state index is 0.0738. The Balaban J connectivity index is 1.72. The minimum atomic E-state index is -0.279. The van der Waals surface area contributed by atoms with Crippen LogP contribution in [0.1, 0.15) is 37.6 Å². The van der Waals surface area contributed by atoms with Crippen molar-refractivity contribution in [3.63, 3.8) is 0 Å². The van der Waals surface area contributed by atoms with E-state index < -0.39 is 0 Å². The lowest BCUT2D eigenvalue weighted by molar-refractivity contribution is 0.222. The summed E-state index contributed by atoms with van der Waals surface area (Å²) in [5, 5.41) is 6.65. The Hall–Kier alpha value is -1.65. The van der Waals surface area contributed by atoms with Gasteiger partial charge in [0, 0.05) is 17.7 Å². The molecule has 0 aliphatic heterocycles. The van der Waals surface area contributed by atoms with E-state index in [0.717, 1.165) is 24.2 Å². The van der Waals surface area contributed by atoms with Gasteiger partial charge in [-0.3, -0.25) is 0 Å². The number of anilines is 1. The maximum atomic E-state index is 12.3. The second-order valence-corrected chi connectivity index (χ2v) is 7.44. The first kappa shape index (κ1) is 16.2. The van der Waals surface area contributed by atoms with E-state index in [2.05, 4.69) is 24.5 Å². The van der Waals surface area contributed by atoms with Gasteiger partial charge in [-0.15, -0.1) is 0 Å². The lowest BCUT2D eigenvalue weighted by Gasteiger charge is -2.34. The molecule has 1 heterocycles. The molecule has 2 amide bonds. The maximum Gasteiger partial charge on any atom is 0.319 e. The van der Waals surface area contributed by atoms with Crippen molar-refractivity contribution >= 4 is 34.9 Å². The summed E-state index contributed by atoms with van der Waals surface area (Å²) >= 11 is 11.8. The van der Waals surface area contributed by atoms with E-state index in [1.54, 1.807) is 24.5 Å². The molecular formula is C17H18Cl2N2O2. The summed E-state index contributed by atoms with van der Waals surface area (Å²) in [5.41, 5.74) is 1.72. The van der Waals surface area contributed by atoms with Crippen LogP contribution in [0.2, 0.25) is 10.0 Å². The first-order valence-electron chi connectivity index (χ1n) is 7.43. The molecule has 1 aromatic heterocycles. The average molecular weight is 353 g/mol. The highest BCUT2D eigenvalue weighted by Gasteiger charge is 2.34. The molecular weight excluding hydrogens is 335 g/mol. The number of urea groups is 1. The predicted octanol–water partition coefficient (Wildman–Crippen LogP) is 5.42. The van der Waals surface area contributed by atoms with Crippen molar-refractivity contribution in [2.24, 2.45) is 5.41 Å². The Morgan fingerprint density at radius 3 is 2.78 bits per heavy atom. The molecule has 0 radical (unpaired) electrons. The minimum Gasteiger partial charge on any atom is -0.469 e. The first-order chi connectivity index (χ1) is 10.8. The summed E-state index contributed by atoms with van der Waals surface area (Å²) in [7, 11) is 0. The van der Waals surface area contributed by atoms with Crippen molar-refractivity contribution in [2.75, 3.05) is 5.32 Å². The number of furan rings is 1. The predicted molar refractivity (Wildman–Crippen MR) is 92.2 cm³/mol. The maximum absolute atomic E-state index is 12.3. The molecule has 0 saturated carbocycles. The Bertz CT molecular complexity index is 740. The van der Waals surface area contributed by atoms with Crippen LogP contribution in [0.15, 0.2) is 34.9 Å². The molecule has 122 valence electrons. The molecule has 1 aromatic carbocycles. The van der Waals surface area contributed by atoms with Crippen LogP contribution in [0.25, 0.3) is 0 Å². The molecule has 1 unspecified atom stereocenters. The number of fused-ring (bicyclic) bond motifs is 1. The summed E-state index contributed by atoms with van der Waals surface area (Å²) in [4.78, 5) is 12.3. The van der Waals surface area contributed by atoms with E-state index in [1.807, 2.05) is 6.07 Å². The summed E-state index contributed by atoms with van der Waals surface area (Å²) in [5.74, 6) is 0.945. The number of nitrogens with one attached hydrogen (secondary N) is 2. The average Bonchev–Trinajstić information content (AvgIpc) is 2.89. The lowest BCUT2D eigenvalue weighted by Crippen LogP contribution is -2.38. The van der Waals surface area contributed by atoms with Crippen LogP contribution >= 0.6 is 23.2 Å². The lowest BCUT2D eigenvalue weighted by atomic mass is 9.75. The highest BCUT2D eigenvalue weighted by atomic mass is 35.5. The Kier molecular flexibility index (Phi) is 4.30. The number of rotatable bonds is 2. The molecule has 23 heavy (non-hydrogen) atoms. The van der Waals surface area contributed by atoms with Gasteiger partial charge in [-0.2, -0.15) is 0 Å². The van der Waals surface area contributed by atoms with Gasteiger partial charge in [0.2, 0.25) is 0 Å². The van der Waals surface area contributed by atoms with E-state index in [1.165, 1.54) is 0 Å². The molecule has 6 heteroatoms. The molecule has 3 rings (SSSR count). The van der Waals surface area contributed by atoms with Crippen LogP contribution < -0.4 is 10.6 Å². The molecule has 1 aliphatic rings. The Morgan fingerprint density at radius 1 is 1.26 bits per heavy atom. The van der Waals surface area contributed by atoms with Gasteiger partial charge in [0.15, 0.2) is 0 Å². The Labute approximate surface area is 145 Å². The molecule has 0 spiro atoms. The van der Waals surface area contributed by atoms with Gasteiger partial charge in [0.25, 0.3) is 0 Å². The second kappa shape index (κ2) is 6.10. The largest absolute Gasteiger partial charge is 0.469 e.